The summed E-state index contributed by atoms with van der Waals surface area (Å²) in [6.07, 6.45) is -0.497. The third kappa shape index (κ3) is 9.32. The summed E-state index contributed by atoms with van der Waals surface area (Å²) in [6.45, 7) is 1.68. The van der Waals surface area contributed by atoms with Crippen molar-refractivity contribution in [2.75, 3.05) is 13.2 Å². The molecule has 4 unspecified atom stereocenters. The number of amides is 4. The topological polar surface area (TPSA) is 234 Å². The van der Waals surface area contributed by atoms with Crippen molar-refractivity contribution in [1.82, 2.24) is 16.0 Å². The van der Waals surface area contributed by atoms with Crippen molar-refractivity contribution in [2.45, 2.75) is 50.9 Å². The Bertz CT molecular complexity index is 612. The minimum absolute atomic E-state index is 0.233. The standard InChI is InChI=1S/C16H29N5O8/c1-7(2)12(15(27)19-9(16(28)29)3-4-11(18)24)21-14(26)10(6-23)20-13(25)8(17)5-22/h7-10,12,22-23H,3-6,17H2,1-2H3,(H2,18,24)(H,19,27)(H,20,25)(H,21,26)(H,28,29). The molecule has 166 valence electrons. The zero-order valence-electron chi connectivity index (χ0n) is 16.3. The number of aliphatic hydroxyl groups excluding tert-OH is 2. The molecule has 4 amide bonds. The summed E-state index contributed by atoms with van der Waals surface area (Å²) in [6, 6.07) is -5.35. The molecule has 0 aromatic rings. The molecule has 0 saturated heterocycles. The van der Waals surface area contributed by atoms with E-state index in [0.717, 1.165) is 0 Å². The molecule has 0 aromatic carbocycles. The van der Waals surface area contributed by atoms with Gasteiger partial charge in [0, 0.05) is 6.42 Å². The van der Waals surface area contributed by atoms with Crippen molar-refractivity contribution in [3.05, 3.63) is 0 Å². The van der Waals surface area contributed by atoms with Crippen LogP contribution in [-0.4, -0.2) is 82.3 Å². The third-order valence-corrected chi connectivity index (χ3v) is 3.89. The van der Waals surface area contributed by atoms with E-state index < -0.39 is 72.9 Å². The van der Waals surface area contributed by atoms with Crippen molar-refractivity contribution in [1.29, 1.82) is 0 Å². The fourth-order valence-electron chi connectivity index (χ4n) is 2.15. The molecule has 0 heterocycles. The average Bonchev–Trinajstić information content (AvgIpc) is 2.65. The van der Waals surface area contributed by atoms with E-state index >= 15 is 0 Å². The monoisotopic (exact) mass is 419 g/mol. The van der Waals surface area contributed by atoms with Gasteiger partial charge in [-0.25, -0.2) is 4.79 Å². The molecule has 0 bridgehead atoms. The van der Waals surface area contributed by atoms with Gasteiger partial charge < -0.3 is 42.7 Å². The van der Waals surface area contributed by atoms with Crippen molar-refractivity contribution >= 4 is 29.6 Å². The molecule has 0 aliphatic carbocycles. The predicted octanol–water partition coefficient (Wildman–Crippen LogP) is -4.24. The van der Waals surface area contributed by atoms with Crippen LogP contribution in [0.25, 0.3) is 0 Å². The fourth-order valence-corrected chi connectivity index (χ4v) is 2.15. The van der Waals surface area contributed by atoms with Crippen LogP contribution in [0.1, 0.15) is 26.7 Å². The van der Waals surface area contributed by atoms with E-state index in [-0.39, 0.29) is 12.8 Å². The number of hydrogen-bond donors (Lipinski definition) is 8. The zero-order chi connectivity index (χ0) is 22.7. The quantitative estimate of drug-likeness (QED) is 0.144. The molecule has 4 atom stereocenters. The van der Waals surface area contributed by atoms with Gasteiger partial charge in [-0.15, -0.1) is 0 Å². The van der Waals surface area contributed by atoms with Crippen LogP contribution >= 0.6 is 0 Å². The van der Waals surface area contributed by atoms with Crippen LogP contribution in [-0.2, 0) is 24.0 Å². The van der Waals surface area contributed by atoms with Crippen LogP contribution in [0, 0.1) is 5.92 Å². The molecule has 0 saturated carbocycles. The highest BCUT2D eigenvalue weighted by molar-refractivity contribution is 5.94. The first-order chi connectivity index (χ1) is 13.4. The van der Waals surface area contributed by atoms with Crippen molar-refractivity contribution in [3.8, 4) is 0 Å². The fraction of sp³-hybridized carbons (Fsp3) is 0.688. The summed E-state index contributed by atoms with van der Waals surface area (Å²) in [4.78, 5) is 58.6. The van der Waals surface area contributed by atoms with Crippen LogP contribution in [0.2, 0.25) is 0 Å². The number of aliphatic carboxylic acids is 1. The molecule has 0 aliphatic heterocycles. The number of carboxylic acids is 1. The second kappa shape index (κ2) is 12.6. The lowest BCUT2D eigenvalue weighted by molar-refractivity contribution is -0.143. The van der Waals surface area contributed by atoms with Crippen molar-refractivity contribution < 1.29 is 39.3 Å². The van der Waals surface area contributed by atoms with E-state index in [1.165, 1.54) is 0 Å². The largest absolute Gasteiger partial charge is 0.480 e. The third-order valence-electron chi connectivity index (χ3n) is 3.89. The van der Waals surface area contributed by atoms with Crippen LogP contribution in [0.4, 0.5) is 0 Å². The molecule has 13 heteroatoms. The Morgan fingerprint density at radius 1 is 0.862 bits per heavy atom. The number of carbonyl (C=O) groups excluding carboxylic acids is 4. The van der Waals surface area contributed by atoms with Crippen molar-refractivity contribution in [3.63, 3.8) is 0 Å². The first-order valence-electron chi connectivity index (χ1n) is 8.84. The predicted molar refractivity (Wildman–Crippen MR) is 98.8 cm³/mol. The molecule has 10 N–H and O–H groups in total. The smallest absolute Gasteiger partial charge is 0.326 e. The van der Waals surface area contributed by atoms with Crippen LogP contribution in [0.3, 0.4) is 0 Å². The maximum Gasteiger partial charge on any atom is 0.326 e. The molecule has 0 radical (unpaired) electrons. The van der Waals surface area contributed by atoms with Gasteiger partial charge in [0.2, 0.25) is 23.6 Å². The Morgan fingerprint density at radius 2 is 1.41 bits per heavy atom. The van der Waals surface area contributed by atoms with Gasteiger partial charge in [0.1, 0.15) is 24.2 Å². The molecule has 29 heavy (non-hydrogen) atoms. The molecule has 0 rings (SSSR count). The lowest BCUT2D eigenvalue weighted by Gasteiger charge is -2.26. The lowest BCUT2D eigenvalue weighted by atomic mass is 10.0. The van der Waals surface area contributed by atoms with Gasteiger partial charge >= 0.3 is 5.97 Å². The molecule has 13 nitrogen and oxygen atoms in total. The Hall–Kier alpha value is -2.77. The number of aliphatic hydroxyl groups is 2. The average molecular weight is 419 g/mol. The number of carboxylic acid groups (broad SMARTS) is 1. The summed E-state index contributed by atoms with van der Waals surface area (Å²) in [5.74, 6) is -5.23. The number of primary amides is 1. The number of hydrogen-bond acceptors (Lipinski definition) is 8. The van der Waals surface area contributed by atoms with Gasteiger partial charge in [0.05, 0.1) is 13.2 Å². The van der Waals surface area contributed by atoms with Crippen LogP contribution in [0.5, 0.6) is 0 Å². The number of nitrogens with one attached hydrogen (secondary N) is 3. The van der Waals surface area contributed by atoms with E-state index in [2.05, 4.69) is 16.0 Å². The zero-order valence-corrected chi connectivity index (χ0v) is 16.3. The molecular weight excluding hydrogens is 390 g/mol. The maximum absolute atomic E-state index is 12.5. The van der Waals surface area contributed by atoms with Gasteiger partial charge in [-0.05, 0) is 12.3 Å². The highest BCUT2D eigenvalue weighted by Gasteiger charge is 2.31. The minimum Gasteiger partial charge on any atom is -0.480 e. The summed E-state index contributed by atoms with van der Waals surface area (Å²) < 4.78 is 0. The van der Waals surface area contributed by atoms with E-state index in [1.807, 2.05) is 0 Å². The Labute approximate surface area is 167 Å². The van der Waals surface area contributed by atoms with Gasteiger partial charge in [-0.2, -0.15) is 0 Å². The van der Waals surface area contributed by atoms with E-state index in [4.69, 9.17) is 16.6 Å². The summed E-state index contributed by atoms with van der Waals surface area (Å²) in [7, 11) is 0. The maximum atomic E-state index is 12.5. The number of rotatable bonds is 13. The first-order valence-corrected chi connectivity index (χ1v) is 8.84. The van der Waals surface area contributed by atoms with Gasteiger partial charge in [-0.3, -0.25) is 19.2 Å². The molecule has 0 aliphatic rings. The summed E-state index contributed by atoms with van der Waals surface area (Å²) in [5.41, 5.74) is 10.3. The van der Waals surface area contributed by atoms with E-state index in [0.29, 0.717) is 0 Å². The first kappa shape index (κ1) is 26.2. The molecular formula is C16H29N5O8. The second-order valence-corrected chi connectivity index (χ2v) is 6.67. The van der Waals surface area contributed by atoms with Crippen LogP contribution in [0.15, 0.2) is 0 Å². The van der Waals surface area contributed by atoms with E-state index in [1.54, 1.807) is 13.8 Å². The number of nitrogens with two attached hydrogens (primary N) is 2. The van der Waals surface area contributed by atoms with Gasteiger partial charge in [0.15, 0.2) is 0 Å². The lowest BCUT2D eigenvalue weighted by Crippen LogP contribution is -2.59. The number of carbonyl (C=O) groups is 5. The minimum atomic E-state index is -1.45. The Kier molecular flexibility index (Phi) is 11.4. The normalized spacial score (nSPS) is 15.0. The Morgan fingerprint density at radius 3 is 1.83 bits per heavy atom. The SMILES string of the molecule is CC(C)C(NC(=O)C(CO)NC(=O)C(N)CO)C(=O)NC(CCC(N)=O)C(=O)O. The van der Waals surface area contributed by atoms with Gasteiger partial charge in [-0.1, -0.05) is 13.8 Å². The summed E-state index contributed by atoms with van der Waals surface area (Å²) in [5, 5.41) is 34.0. The second-order valence-electron chi connectivity index (χ2n) is 6.67. The highest BCUT2D eigenvalue weighted by atomic mass is 16.4. The van der Waals surface area contributed by atoms with Gasteiger partial charge in [0.25, 0.3) is 0 Å². The van der Waals surface area contributed by atoms with Crippen LogP contribution < -0.4 is 27.4 Å². The molecule has 0 aromatic heterocycles. The molecule has 0 fully saturated rings. The molecule has 0 spiro atoms. The van der Waals surface area contributed by atoms with Crippen molar-refractivity contribution in [2.24, 2.45) is 17.4 Å². The highest BCUT2D eigenvalue weighted by Crippen LogP contribution is 2.05. The summed E-state index contributed by atoms with van der Waals surface area (Å²) >= 11 is 0. The Balaban J connectivity index is 5.16. The van der Waals surface area contributed by atoms with E-state index in [9.17, 15) is 34.2 Å².